The summed E-state index contributed by atoms with van der Waals surface area (Å²) in [5.41, 5.74) is 3.25. The van der Waals surface area contributed by atoms with Crippen molar-refractivity contribution in [1.82, 2.24) is 9.80 Å². The average Bonchev–Trinajstić information content (AvgIpc) is 2.90. The van der Waals surface area contributed by atoms with E-state index in [2.05, 4.69) is 0 Å². The molecule has 0 bridgehead atoms. The number of nitrogens with zero attached hydrogens (tertiary/aromatic N) is 2. The number of amides is 2. The molecule has 0 saturated heterocycles. The zero-order chi connectivity index (χ0) is 25.5. The maximum atomic E-state index is 13.8. The molecule has 184 valence electrons. The van der Waals surface area contributed by atoms with Gasteiger partial charge in [0.15, 0.2) is 0 Å². The van der Waals surface area contributed by atoms with Crippen LogP contribution in [0.5, 0.6) is 0 Å². The monoisotopic (exact) mass is 484 g/mol. The highest BCUT2D eigenvalue weighted by atomic mass is 16.5. The number of carbonyl (C=O) groups excluding carboxylic acids is 2. The third kappa shape index (κ3) is 5.63. The van der Waals surface area contributed by atoms with Crippen molar-refractivity contribution >= 4 is 18.0 Å². The summed E-state index contributed by atoms with van der Waals surface area (Å²) in [5, 5.41) is 9.37. The van der Waals surface area contributed by atoms with E-state index in [0.29, 0.717) is 16.8 Å². The van der Waals surface area contributed by atoms with Crippen LogP contribution in [0, 0.1) is 0 Å². The Balaban J connectivity index is 1.77. The van der Waals surface area contributed by atoms with Crippen molar-refractivity contribution in [3.8, 4) is 0 Å². The number of ether oxygens (including phenoxy) is 1. The third-order valence-corrected chi connectivity index (χ3v) is 6.15. The summed E-state index contributed by atoms with van der Waals surface area (Å²) in [4.78, 5) is 41.8. The Morgan fingerprint density at radius 3 is 2.00 bits per heavy atom. The number of rotatable bonds is 9. The van der Waals surface area contributed by atoms with Gasteiger partial charge < -0.3 is 14.7 Å². The fraction of sp³-hybridized carbons (Fsp3) is 0.207. The molecule has 0 spiro atoms. The van der Waals surface area contributed by atoms with Crippen LogP contribution in [-0.4, -0.2) is 39.4 Å². The van der Waals surface area contributed by atoms with Crippen molar-refractivity contribution in [2.24, 2.45) is 0 Å². The summed E-state index contributed by atoms with van der Waals surface area (Å²) in [5.74, 6) is -1.57. The van der Waals surface area contributed by atoms with Gasteiger partial charge in [0.2, 0.25) is 0 Å². The Hall–Kier alpha value is -4.39. The molecule has 0 saturated carbocycles. The van der Waals surface area contributed by atoms with Gasteiger partial charge in [-0.15, -0.1) is 0 Å². The summed E-state index contributed by atoms with van der Waals surface area (Å²) in [6.45, 7) is 2.01. The second-order valence-corrected chi connectivity index (χ2v) is 8.57. The molecule has 1 aliphatic rings. The molecule has 1 aliphatic heterocycles. The van der Waals surface area contributed by atoms with Crippen LogP contribution in [0.2, 0.25) is 0 Å². The van der Waals surface area contributed by atoms with Gasteiger partial charge in [-0.05, 0) is 23.6 Å². The van der Waals surface area contributed by atoms with E-state index in [1.54, 1.807) is 6.92 Å². The molecular weight excluding hydrogens is 456 g/mol. The Labute approximate surface area is 210 Å². The highest BCUT2D eigenvalue weighted by molar-refractivity contribution is 5.95. The predicted molar refractivity (Wildman–Crippen MR) is 134 cm³/mol. The van der Waals surface area contributed by atoms with Crippen LogP contribution in [0.15, 0.2) is 102 Å². The fourth-order valence-electron chi connectivity index (χ4n) is 4.34. The minimum absolute atomic E-state index is 0.0538. The van der Waals surface area contributed by atoms with Crippen LogP contribution < -0.4 is 0 Å². The van der Waals surface area contributed by atoms with Crippen molar-refractivity contribution in [3.63, 3.8) is 0 Å². The molecule has 0 radical (unpaired) electrons. The van der Waals surface area contributed by atoms with Gasteiger partial charge in [0.1, 0.15) is 6.61 Å². The van der Waals surface area contributed by atoms with E-state index in [4.69, 9.17) is 4.74 Å². The van der Waals surface area contributed by atoms with Crippen LogP contribution in [0.1, 0.15) is 36.1 Å². The van der Waals surface area contributed by atoms with E-state index in [9.17, 15) is 19.5 Å². The molecule has 3 aromatic rings. The van der Waals surface area contributed by atoms with E-state index in [1.165, 1.54) is 9.80 Å². The SMILES string of the molecule is CC1=C(C(=O)OCc2ccccc2)C(c2ccccc2)N(CCC(=O)O)C(=O)N1Cc1ccccc1. The topological polar surface area (TPSA) is 87.1 Å². The van der Waals surface area contributed by atoms with Gasteiger partial charge in [0.25, 0.3) is 0 Å². The van der Waals surface area contributed by atoms with Crippen LogP contribution in [-0.2, 0) is 27.5 Å². The lowest BCUT2D eigenvalue weighted by atomic mass is 9.92. The minimum atomic E-state index is -1.02. The number of benzene rings is 3. The van der Waals surface area contributed by atoms with Crippen LogP contribution in [0.4, 0.5) is 4.79 Å². The maximum absolute atomic E-state index is 13.8. The maximum Gasteiger partial charge on any atom is 0.338 e. The molecule has 0 fully saturated rings. The molecule has 3 aromatic carbocycles. The number of carbonyl (C=O) groups is 3. The average molecular weight is 485 g/mol. The summed E-state index contributed by atoms with van der Waals surface area (Å²) in [7, 11) is 0. The first-order chi connectivity index (χ1) is 17.5. The molecule has 7 heteroatoms. The number of aliphatic carboxylic acids is 1. The van der Waals surface area contributed by atoms with Gasteiger partial charge in [-0.25, -0.2) is 9.59 Å². The highest BCUT2D eigenvalue weighted by Crippen LogP contribution is 2.38. The number of esters is 1. The van der Waals surface area contributed by atoms with E-state index in [1.807, 2.05) is 91.0 Å². The number of allylic oxidation sites excluding steroid dienone is 1. The molecule has 1 unspecified atom stereocenters. The lowest BCUT2D eigenvalue weighted by Gasteiger charge is -2.43. The van der Waals surface area contributed by atoms with Crippen molar-refractivity contribution in [1.29, 1.82) is 0 Å². The van der Waals surface area contributed by atoms with E-state index in [-0.39, 0.29) is 32.1 Å². The first kappa shape index (κ1) is 24.7. The molecule has 7 nitrogen and oxygen atoms in total. The number of carboxylic acid groups (broad SMARTS) is 1. The fourth-order valence-corrected chi connectivity index (χ4v) is 4.34. The van der Waals surface area contributed by atoms with Crippen LogP contribution >= 0.6 is 0 Å². The standard InChI is InChI=1S/C29H28N2O5/c1-21-26(28(34)36-20-23-13-7-3-8-14-23)27(24-15-9-4-10-16-24)30(18-17-25(32)33)29(35)31(21)19-22-11-5-2-6-12-22/h2-16,27H,17-20H2,1H3,(H,32,33). The Morgan fingerprint density at radius 2 is 1.42 bits per heavy atom. The van der Waals surface area contributed by atoms with Crippen LogP contribution in [0.25, 0.3) is 0 Å². The van der Waals surface area contributed by atoms with Crippen molar-refractivity contribution in [2.45, 2.75) is 32.5 Å². The lowest BCUT2D eigenvalue weighted by molar-refractivity contribution is -0.141. The smallest absolute Gasteiger partial charge is 0.338 e. The summed E-state index contributed by atoms with van der Waals surface area (Å²) < 4.78 is 5.72. The molecule has 1 N–H and O–H groups in total. The van der Waals surface area contributed by atoms with Gasteiger partial charge in [0.05, 0.1) is 24.6 Å². The number of carboxylic acids is 1. The quantitative estimate of drug-likeness (QED) is 0.424. The molecule has 0 aromatic heterocycles. The zero-order valence-electron chi connectivity index (χ0n) is 20.0. The highest BCUT2D eigenvalue weighted by Gasteiger charge is 2.42. The number of hydrogen-bond donors (Lipinski definition) is 1. The van der Waals surface area contributed by atoms with Gasteiger partial charge in [0, 0.05) is 12.2 Å². The lowest BCUT2D eigenvalue weighted by Crippen LogP contribution is -2.51. The minimum Gasteiger partial charge on any atom is -0.481 e. The molecule has 2 amide bonds. The third-order valence-electron chi connectivity index (χ3n) is 6.15. The first-order valence-corrected chi connectivity index (χ1v) is 11.8. The van der Waals surface area contributed by atoms with Crippen molar-refractivity contribution < 1.29 is 24.2 Å². The molecule has 1 heterocycles. The van der Waals surface area contributed by atoms with E-state index < -0.39 is 18.0 Å². The largest absolute Gasteiger partial charge is 0.481 e. The normalized spacial score (nSPS) is 15.7. The van der Waals surface area contributed by atoms with Gasteiger partial charge in [-0.1, -0.05) is 91.0 Å². The molecule has 0 aliphatic carbocycles. The molecule has 36 heavy (non-hydrogen) atoms. The number of hydrogen-bond acceptors (Lipinski definition) is 4. The second kappa shape index (κ2) is 11.4. The molecule has 4 rings (SSSR count). The van der Waals surface area contributed by atoms with Gasteiger partial charge in [-0.3, -0.25) is 9.69 Å². The summed E-state index contributed by atoms with van der Waals surface area (Å²) in [6, 6.07) is 26.9. The molecular formula is C29H28N2O5. The van der Waals surface area contributed by atoms with Crippen molar-refractivity contribution in [2.75, 3.05) is 6.54 Å². The molecule has 1 atom stereocenters. The Bertz CT molecular complexity index is 1240. The van der Waals surface area contributed by atoms with Crippen LogP contribution in [0.3, 0.4) is 0 Å². The van der Waals surface area contributed by atoms with Gasteiger partial charge >= 0.3 is 18.0 Å². The van der Waals surface area contributed by atoms with Gasteiger partial charge in [-0.2, -0.15) is 0 Å². The van der Waals surface area contributed by atoms with E-state index >= 15 is 0 Å². The predicted octanol–water partition coefficient (Wildman–Crippen LogP) is 5.16. The zero-order valence-corrected chi connectivity index (χ0v) is 20.0. The number of urea groups is 1. The second-order valence-electron chi connectivity index (χ2n) is 8.57. The Morgan fingerprint density at radius 1 is 0.861 bits per heavy atom. The summed E-state index contributed by atoms with van der Waals surface area (Å²) in [6.07, 6.45) is -0.250. The summed E-state index contributed by atoms with van der Waals surface area (Å²) >= 11 is 0. The first-order valence-electron chi connectivity index (χ1n) is 11.8. The van der Waals surface area contributed by atoms with E-state index in [0.717, 1.165) is 11.1 Å². The Kier molecular flexibility index (Phi) is 7.80. The van der Waals surface area contributed by atoms with Crippen molar-refractivity contribution in [3.05, 3.63) is 119 Å².